The van der Waals surface area contributed by atoms with Crippen LogP contribution in [-0.4, -0.2) is 38.9 Å². The Morgan fingerprint density at radius 2 is 1.62 bits per heavy atom. The molecular formula is C17H17BrF3N2O2S+. The van der Waals surface area contributed by atoms with Crippen molar-refractivity contribution in [3.05, 3.63) is 58.6 Å². The fourth-order valence-corrected chi connectivity index (χ4v) is 4.66. The molecule has 3 rings (SSSR count). The van der Waals surface area contributed by atoms with Gasteiger partial charge in [0.1, 0.15) is 5.69 Å². The number of hydrogen-bond donors (Lipinski definition) is 1. The van der Waals surface area contributed by atoms with Crippen molar-refractivity contribution in [1.82, 2.24) is 4.31 Å². The highest BCUT2D eigenvalue weighted by molar-refractivity contribution is 9.10. The molecule has 0 aliphatic carbocycles. The van der Waals surface area contributed by atoms with E-state index < -0.39 is 21.8 Å². The van der Waals surface area contributed by atoms with Crippen LogP contribution in [0.15, 0.2) is 57.9 Å². The van der Waals surface area contributed by atoms with Gasteiger partial charge in [-0.25, -0.2) is 8.42 Å². The molecule has 1 aliphatic rings. The quantitative estimate of drug-likeness (QED) is 0.782. The normalized spacial score (nSPS) is 17.4. The summed E-state index contributed by atoms with van der Waals surface area (Å²) in [4.78, 5) is 1.06. The lowest BCUT2D eigenvalue weighted by atomic mass is 10.1. The highest BCUT2D eigenvalue weighted by Crippen LogP contribution is 2.30. The van der Waals surface area contributed by atoms with E-state index in [1.165, 1.54) is 22.5 Å². The smallest absolute Gasteiger partial charge is 0.300 e. The zero-order chi connectivity index (χ0) is 18.9. The first kappa shape index (κ1) is 19.3. The van der Waals surface area contributed by atoms with E-state index in [4.69, 9.17) is 0 Å². The molecule has 140 valence electrons. The van der Waals surface area contributed by atoms with Crippen LogP contribution in [0.1, 0.15) is 5.56 Å². The van der Waals surface area contributed by atoms with Crippen LogP contribution in [0.5, 0.6) is 0 Å². The standard InChI is InChI=1S/C17H16BrF3N2O2S/c18-14-4-6-16(7-5-14)26(24,25)23-10-8-22(9-11-23)15-3-1-2-13(12-15)17(19,20)21/h1-7,12H,8-11H2/p+1. The Bertz CT molecular complexity index is 878. The number of alkyl halides is 3. The average molecular weight is 450 g/mol. The molecule has 0 unspecified atom stereocenters. The minimum atomic E-state index is -4.39. The van der Waals surface area contributed by atoms with Crippen LogP contribution in [0, 0.1) is 0 Å². The molecule has 1 aliphatic heterocycles. The molecule has 1 heterocycles. The van der Waals surface area contributed by atoms with Crippen LogP contribution in [0.3, 0.4) is 0 Å². The van der Waals surface area contributed by atoms with Crippen LogP contribution in [0.4, 0.5) is 18.9 Å². The van der Waals surface area contributed by atoms with E-state index in [9.17, 15) is 21.6 Å². The molecular weight excluding hydrogens is 433 g/mol. The number of nitrogens with zero attached hydrogens (tertiary/aromatic N) is 1. The van der Waals surface area contributed by atoms with Gasteiger partial charge in [-0.05, 0) is 36.4 Å². The summed E-state index contributed by atoms with van der Waals surface area (Å²) in [6.07, 6.45) is -4.39. The van der Waals surface area contributed by atoms with Crippen LogP contribution < -0.4 is 4.90 Å². The lowest BCUT2D eigenvalue weighted by Gasteiger charge is -2.31. The van der Waals surface area contributed by atoms with Crippen molar-refractivity contribution in [3.8, 4) is 0 Å². The van der Waals surface area contributed by atoms with Gasteiger partial charge in [-0.15, -0.1) is 0 Å². The third-order valence-corrected chi connectivity index (χ3v) is 6.82. The fourth-order valence-electron chi connectivity index (χ4n) is 2.96. The van der Waals surface area contributed by atoms with Gasteiger partial charge in [-0.2, -0.15) is 17.5 Å². The van der Waals surface area contributed by atoms with Crippen molar-refractivity contribution < 1.29 is 26.5 Å². The summed E-state index contributed by atoms with van der Waals surface area (Å²) in [5.74, 6) is 0. The predicted octanol–water partition coefficient (Wildman–Crippen LogP) is 2.69. The van der Waals surface area contributed by atoms with Crippen LogP contribution in [-0.2, 0) is 16.2 Å². The Labute approximate surface area is 158 Å². The van der Waals surface area contributed by atoms with Gasteiger partial charge in [0, 0.05) is 10.5 Å². The molecule has 2 aromatic carbocycles. The van der Waals surface area contributed by atoms with Gasteiger partial charge >= 0.3 is 6.18 Å². The zero-order valence-electron chi connectivity index (χ0n) is 13.6. The largest absolute Gasteiger partial charge is 0.416 e. The number of piperazine rings is 1. The summed E-state index contributed by atoms with van der Waals surface area (Å²) in [7, 11) is -3.60. The monoisotopic (exact) mass is 449 g/mol. The Kier molecular flexibility index (Phi) is 5.43. The molecule has 26 heavy (non-hydrogen) atoms. The van der Waals surface area contributed by atoms with E-state index in [-0.39, 0.29) is 18.0 Å². The maximum atomic E-state index is 12.9. The number of sulfonamides is 1. The number of quaternary nitrogens is 1. The first-order valence-corrected chi connectivity index (χ1v) is 10.2. The van der Waals surface area contributed by atoms with E-state index in [1.54, 1.807) is 18.2 Å². The first-order chi connectivity index (χ1) is 12.2. The minimum absolute atomic E-state index is 0.211. The minimum Gasteiger partial charge on any atom is -0.300 e. The van der Waals surface area contributed by atoms with E-state index in [2.05, 4.69) is 15.9 Å². The molecule has 1 saturated heterocycles. The highest BCUT2D eigenvalue weighted by Gasteiger charge is 2.34. The van der Waals surface area contributed by atoms with Crippen molar-refractivity contribution in [2.75, 3.05) is 26.2 Å². The Morgan fingerprint density at radius 1 is 1.00 bits per heavy atom. The van der Waals surface area contributed by atoms with Crippen LogP contribution in [0.25, 0.3) is 0 Å². The molecule has 0 spiro atoms. The van der Waals surface area contributed by atoms with Crippen LogP contribution >= 0.6 is 15.9 Å². The molecule has 0 radical (unpaired) electrons. The van der Waals surface area contributed by atoms with Crippen molar-refractivity contribution in [2.24, 2.45) is 0 Å². The lowest BCUT2D eigenvalue weighted by molar-refractivity contribution is -0.837. The van der Waals surface area contributed by atoms with Crippen LogP contribution in [0.2, 0.25) is 0 Å². The SMILES string of the molecule is O=S(=O)(c1ccc(Br)cc1)N1CC[NH+](c2cccc(C(F)(F)F)c2)CC1. The molecule has 0 aromatic heterocycles. The summed E-state index contributed by atoms with van der Waals surface area (Å²) < 4.78 is 66.1. The van der Waals surface area contributed by atoms with Crippen molar-refractivity contribution in [3.63, 3.8) is 0 Å². The van der Waals surface area contributed by atoms with Gasteiger partial charge in [-0.1, -0.05) is 22.0 Å². The third kappa shape index (κ3) is 4.11. The van der Waals surface area contributed by atoms with Crippen molar-refractivity contribution in [2.45, 2.75) is 11.1 Å². The topological polar surface area (TPSA) is 41.8 Å². The summed E-state index contributed by atoms with van der Waals surface area (Å²) in [5.41, 5.74) is -0.159. The molecule has 1 N–H and O–H groups in total. The van der Waals surface area contributed by atoms with Gasteiger partial charge in [0.05, 0.1) is 36.6 Å². The fraction of sp³-hybridized carbons (Fsp3) is 0.294. The summed E-state index contributed by atoms with van der Waals surface area (Å²) in [5, 5.41) is 0. The number of rotatable bonds is 3. The van der Waals surface area contributed by atoms with Gasteiger partial charge in [0.2, 0.25) is 10.0 Å². The second-order valence-electron chi connectivity index (χ2n) is 6.04. The Hall–Kier alpha value is -1.42. The summed E-state index contributed by atoms with van der Waals surface area (Å²) in [6, 6.07) is 11.6. The molecule has 0 saturated carbocycles. The number of nitrogens with one attached hydrogen (secondary N) is 1. The maximum absolute atomic E-state index is 12.9. The second-order valence-corrected chi connectivity index (χ2v) is 8.89. The van der Waals surface area contributed by atoms with Gasteiger partial charge in [0.15, 0.2) is 0 Å². The number of benzene rings is 2. The van der Waals surface area contributed by atoms with E-state index in [0.717, 1.165) is 21.5 Å². The summed E-state index contributed by atoms with van der Waals surface area (Å²) >= 11 is 3.27. The summed E-state index contributed by atoms with van der Waals surface area (Å²) in [6.45, 7) is 1.34. The zero-order valence-corrected chi connectivity index (χ0v) is 16.0. The van der Waals surface area contributed by atoms with Crippen molar-refractivity contribution >= 4 is 31.6 Å². The third-order valence-electron chi connectivity index (χ3n) is 4.38. The molecule has 0 bridgehead atoms. The van der Waals surface area contributed by atoms with Gasteiger partial charge < -0.3 is 4.90 Å². The van der Waals surface area contributed by atoms with E-state index in [1.807, 2.05) is 0 Å². The molecule has 0 atom stereocenters. The Balaban J connectivity index is 1.72. The van der Waals surface area contributed by atoms with E-state index in [0.29, 0.717) is 18.8 Å². The number of halogens is 4. The maximum Gasteiger partial charge on any atom is 0.416 e. The highest BCUT2D eigenvalue weighted by atomic mass is 79.9. The van der Waals surface area contributed by atoms with Crippen molar-refractivity contribution in [1.29, 1.82) is 0 Å². The predicted molar refractivity (Wildman–Crippen MR) is 94.7 cm³/mol. The average Bonchev–Trinajstić information content (AvgIpc) is 2.62. The van der Waals surface area contributed by atoms with Gasteiger partial charge in [0.25, 0.3) is 0 Å². The van der Waals surface area contributed by atoms with E-state index >= 15 is 0 Å². The second kappa shape index (κ2) is 7.30. The number of hydrogen-bond acceptors (Lipinski definition) is 2. The lowest BCUT2D eigenvalue weighted by Crippen LogP contribution is -3.10. The molecule has 9 heteroatoms. The van der Waals surface area contributed by atoms with Gasteiger partial charge in [-0.3, -0.25) is 0 Å². The molecule has 1 fully saturated rings. The molecule has 0 amide bonds. The molecule has 2 aromatic rings. The Morgan fingerprint density at radius 3 is 2.19 bits per heavy atom. The molecule has 4 nitrogen and oxygen atoms in total. The first-order valence-electron chi connectivity index (χ1n) is 7.96.